The van der Waals surface area contributed by atoms with E-state index < -0.39 is 5.91 Å². The molecule has 0 unspecified atom stereocenters. The minimum Gasteiger partial charge on any atom is -0.466 e. The minimum atomic E-state index is -0.467. The third-order valence-corrected chi connectivity index (χ3v) is 5.69. The fourth-order valence-electron chi connectivity index (χ4n) is 4.02. The second-order valence-electron chi connectivity index (χ2n) is 7.95. The third-order valence-electron chi connectivity index (χ3n) is 5.69. The molecule has 8 heteroatoms. The van der Waals surface area contributed by atoms with Crippen molar-refractivity contribution in [1.82, 2.24) is 4.90 Å². The lowest BCUT2D eigenvalue weighted by atomic mass is 9.98. The average Bonchev–Trinajstić information content (AvgIpc) is 2.83. The molecule has 0 spiro atoms. The van der Waals surface area contributed by atoms with Gasteiger partial charge in [0.2, 0.25) is 5.91 Å². The highest BCUT2D eigenvalue weighted by molar-refractivity contribution is 6.12. The number of benzene rings is 2. The van der Waals surface area contributed by atoms with Crippen molar-refractivity contribution < 1.29 is 28.2 Å². The third kappa shape index (κ3) is 5.05. The first kappa shape index (κ1) is 22.5. The Labute approximate surface area is 191 Å². The van der Waals surface area contributed by atoms with Crippen LogP contribution in [-0.2, 0) is 19.1 Å². The summed E-state index contributed by atoms with van der Waals surface area (Å²) in [5.74, 6) is -1.28. The number of halogens is 1. The predicted molar refractivity (Wildman–Crippen MR) is 120 cm³/mol. The molecular formula is C25H25FN2O5. The Hall–Kier alpha value is -3.68. The highest BCUT2D eigenvalue weighted by Crippen LogP contribution is 2.35. The molecule has 2 aliphatic rings. The molecule has 0 saturated carbocycles. The van der Waals surface area contributed by atoms with E-state index >= 15 is 0 Å². The van der Waals surface area contributed by atoms with Crippen LogP contribution in [-0.4, -0.2) is 48.9 Å². The number of para-hydroxylation sites is 2. The number of amides is 2. The van der Waals surface area contributed by atoms with Crippen LogP contribution in [0.1, 0.15) is 25.3 Å². The first-order valence-electron chi connectivity index (χ1n) is 11.0. The second-order valence-corrected chi connectivity index (χ2v) is 7.95. The summed E-state index contributed by atoms with van der Waals surface area (Å²) in [4.78, 5) is 41.5. The van der Waals surface area contributed by atoms with Crippen molar-refractivity contribution in [2.45, 2.75) is 19.8 Å². The van der Waals surface area contributed by atoms with Crippen LogP contribution in [0.5, 0.6) is 5.75 Å². The van der Waals surface area contributed by atoms with Gasteiger partial charge in [0.15, 0.2) is 11.5 Å². The second kappa shape index (κ2) is 9.85. The van der Waals surface area contributed by atoms with Gasteiger partial charge in [-0.15, -0.1) is 0 Å². The zero-order chi connectivity index (χ0) is 23.4. The Balaban J connectivity index is 1.55. The van der Waals surface area contributed by atoms with Crippen molar-refractivity contribution in [3.63, 3.8) is 0 Å². The van der Waals surface area contributed by atoms with Gasteiger partial charge >= 0.3 is 5.97 Å². The number of rotatable bonds is 5. The number of ether oxygens (including phenoxy) is 2. The average molecular weight is 452 g/mol. The number of hydrogen-bond acceptors (Lipinski definition) is 5. The van der Waals surface area contributed by atoms with Gasteiger partial charge in [0.05, 0.1) is 18.2 Å². The molecule has 2 aromatic carbocycles. The molecule has 0 radical (unpaired) electrons. The Morgan fingerprint density at radius 2 is 1.94 bits per heavy atom. The number of piperidine rings is 1. The van der Waals surface area contributed by atoms with Gasteiger partial charge in [-0.25, -0.2) is 4.39 Å². The van der Waals surface area contributed by atoms with Crippen LogP contribution < -0.4 is 9.64 Å². The maximum Gasteiger partial charge on any atom is 0.310 e. The van der Waals surface area contributed by atoms with E-state index in [1.807, 2.05) is 0 Å². The van der Waals surface area contributed by atoms with Crippen molar-refractivity contribution >= 4 is 29.5 Å². The summed E-state index contributed by atoms with van der Waals surface area (Å²) < 4.78 is 24.2. The molecule has 0 aromatic heterocycles. The summed E-state index contributed by atoms with van der Waals surface area (Å²) in [5.41, 5.74) is 1.09. The van der Waals surface area contributed by atoms with Crippen molar-refractivity contribution in [2.24, 2.45) is 5.92 Å². The Bertz CT molecular complexity index is 1080. The Morgan fingerprint density at radius 3 is 2.70 bits per heavy atom. The SMILES string of the molecule is CCOC(=O)[C@@H]1CCCN(C(=O)CN2C(=O)/C(=C\c3ccc(F)cc3)Oc3ccccc32)C1. The van der Waals surface area contributed by atoms with Gasteiger partial charge in [-0.2, -0.15) is 0 Å². The number of esters is 1. The monoisotopic (exact) mass is 452 g/mol. The lowest BCUT2D eigenvalue weighted by molar-refractivity contribution is -0.151. The van der Waals surface area contributed by atoms with Gasteiger partial charge in [0, 0.05) is 13.1 Å². The van der Waals surface area contributed by atoms with Gasteiger partial charge in [0.25, 0.3) is 5.91 Å². The quantitative estimate of drug-likeness (QED) is 0.514. The summed E-state index contributed by atoms with van der Waals surface area (Å²) in [6, 6.07) is 12.6. The largest absolute Gasteiger partial charge is 0.466 e. The van der Waals surface area contributed by atoms with Gasteiger partial charge in [0.1, 0.15) is 12.4 Å². The van der Waals surface area contributed by atoms with Crippen molar-refractivity contribution in [3.05, 3.63) is 65.7 Å². The van der Waals surface area contributed by atoms with E-state index in [0.717, 1.165) is 0 Å². The standard InChI is InChI=1S/C25H25FN2O5/c1-2-32-25(31)18-6-5-13-27(15-18)23(29)16-28-20-7-3-4-8-21(20)33-22(24(28)30)14-17-9-11-19(26)12-10-17/h3-4,7-12,14,18H,2,5-6,13,15-16H2,1H3/b22-14+/t18-/m1/s1. The van der Waals surface area contributed by atoms with E-state index in [-0.39, 0.29) is 42.5 Å². The molecule has 1 atom stereocenters. The van der Waals surface area contributed by atoms with E-state index in [1.165, 1.54) is 35.2 Å². The van der Waals surface area contributed by atoms with Crippen LogP contribution in [0.25, 0.3) is 6.08 Å². The molecule has 4 rings (SSSR count). The number of fused-ring (bicyclic) bond motifs is 1. The van der Waals surface area contributed by atoms with Crippen LogP contribution in [0.2, 0.25) is 0 Å². The zero-order valence-electron chi connectivity index (χ0n) is 18.3. The maximum atomic E-state index is 13.2. The highest BCUT2D eigenvalue weighted by Gasteiger charge is 2.35. The van der Waals surface area contributed by atoms with E-state index in [2.05, 4.69) is 0 Å². The molecule has 1 fully saturated rings. The summed E-state index contributed by atoms with van der Waals surface area (Å²) >= 11 is 0. The lowest BCUT2D eigenvalue weighted by Crippen LogP contribution is -2.49. The number of hydrogen-bond donors (Lipinski definition) is 0. The predicted octanol–water partition coefficient (Wildman–Crippen LogP) is 3.39. The van der Waals surface area contributed by atoms with Gasteiger partial charge < -0.3 is 14.4 Å². The van der Waals surface area contributed by atoms with Crippen molar-refractivity contribution in [1.29, 1.82) is 0 Å². The molecule has 0 aliphatic carbocycles. The molecule has 0 bridgehead atoms. The summed E-state index contributed by atoms with van der Waals surface area (Å²) in [5, 5.41) is 0. The van der Waals surface area contributed by atoms with E-state index in [9.17, 15) is 18.8 Å². The van der Waals surface area contributed by atoms with Gasteiger partial charge in [-0.05, 0) is 55.7 Å². The molecule has 1 saturated heterocycles. The van der Waals surface area contributed by atoms with Crippen LogP contribution in [0.4, 0.5) is 10.1 Å². The number of carbonyl (C=O) groups excluding carboxylic acids is 3. The van der Waals surface area contributed by atoms with E-state index in [4.69, 9.17) is 9.47 Å². The Morgan fingerprint density at radius 1 is 1.18 bits per heavy atom. The maximum absolute atomic E-state index is 13.2. The molecule has 7 nitrogen and oxygen atoms in total. The fraction of sp³-hybridized carbons (Fsp3) is 0.320. The summed E-state index contributed by atoms with van der Waals surface area (Å²) in [6.07, 6.45) is 2.89. The minimum absolute atomic E-state index is 0.0381. The molecule has 2 heterocycles. The number of anilines is 1. The van der Waals surface area contributed by atoms with Crippen LogP contribution in [0, 0.1) is 11.7 Å². The molecule has 2 aliphatic heterocycles. The smallest absolute Gasteiger partial charge is 0.310 e. The normalized spacial score (nSPS) is 19.2. The number of likely N-dealkylation sites (tertiary alicyclic amines) is 1. The van der Waals surface area contributed by atoms with Crippen LogP contribution >= 0.6 is 0 Å². The lowest BCUT2D eigenvalue weighted by Gasteiger charge is -2.35. The van der Waals surface area contributed by atoms with Crippen LogP contribution in [0.3, 0.4) is 0 Å². The molecular weight excluding hydrogens is 427 g/mol. The Kier molecular flexibility index (Phi) is 6.72. The van der Waals surface area contributed by atoms with Crippen LogP contribution in [0.15, 0.2) is 54.3 Å². The van der Waals surface area contributed by atoms with Crippen molar-refractivity contribution in [3.8, 4) is 5.75 Å². The molecule has 2 amide bonds. The van der Waals surface area contributed by atoms with E-state index in [0.29, 0.717) is 43.0 Å². The molecule has 2 aromatic rings. The zero-order valence-corrected chi connectivity index (χ0v) is 18.3. The fourth-order valence-corrected chi connectivity index (χ4v) is 4.02. The first-order valence-corrected chi connectivity index (χ1v) is 11.0. The van der Waals surface area contributed by atoms with Gasteiger partial charge in [-0.1, -0.05) is 24.3 Å². The first-order chi connectivity index (χ1) is 16.0. The molecule has 0 N–H and O–H groups in total. The molecule has 172 valence electrons. The van der Waals surface area contributed by atoms with Gasteiger partial charge in [-0.3, -0.25) is 19.3 Å². The number of carbonyl (C=O) groups is 3. The number of nitrogens with zero attached hydrogens (tertiary/aromatic N) is 2. The van der Waals surface area contributed by atoms with Crippen molar-refractivity contribution in [2.75, 3.05) is 31.1 Å². The topological polar surface area (TPSA) is 76.2 Å². The van der Waals surface area contributed by atoms with E-state index in [1.54, 1.807) is 36.1 Å². The highest BCUT2D eigenvalue weighted by atomic mass is 19.1. The molecule has 33 heavy (non-hydrogen) atoms. The summed E-state index contributed by atoms with van der Waals surface area (Å²) in [6.45, 7) is 2.66. The summed E-state index contributed by atoms with van der Waals surface area (Å²) in [7, 11) is 0.